The highest BCUT2D eigenvalue weighted by molar-refractivity contribution is 7.89. The number of aryl methyl sites for hydroxylation is 2. The molecule has 25 heavy (non-hydrogen) atoms. The van der Waals surface area contributed by atoms with Crippen LogP contribution in [0.25, 0.3) is 0 Å². The second kappa shape index (κ2) is 7.77. The fraction of sp³-hybridized carbons (Fsp3) is 0.625. The molecule has 0 bridgehead atoms. The first-order valence-electron chi connectivity index (χ1n) is 8.16. The van der Waals surface area contributed by atoms with E-state index >= 15 is 0 Å². The second-order valence-electron chi connectivity index (χ2n) is 6.64. The van der Waals surface area contributed by atoms with E-state index in [4.69, 9.17) is 4.74 Å². The maximum atomic E-state index is 12.8. The summed E-state index contributed by atoms with van der Waals surface area (Å²) in [4.78, 5) is 10.5. The minimum atomic E-state index is -4.01. The van der Waals surface area contributed by atoms with Crippen molar-refractivity contribution in [2.45, 2.75) is 31.6 Å². The number of piperidine rings is 1. The minimum Gasteiger partial charge on any atom is -0.384 e. The van der Waals surface area contributed by atoms with E-state index in [0.717, 1.165) is 25.9 Å². The average molecular weight is 371 g/mol. The van der Waals surface area contributed by atoms with Gasteiger partial charge >= 0.3 is 0 Å². The molecule has 9 heteroatoms. The standard InChI is InChI=1S/C16H25N3O5S/c1-12-4-5-13(2)15(14(12)19(20)21)25(22,23)18-10-16(11-24-3)6-8-17-9-7-16/h4-5,17-18H,6-11H2,1-3H3. The van der Waals surface area contributed by atoms with Crippen LogP contribution in [0, 0.1) is 29.4 Å². The van der Waals surface area contributed by atoms with Crippen LogP contribution in [0.5, 0.6) is 0 Å². The molecular weight excluding hydrogens is 346 g/mol. The van der Waals surface area contributed by atoms with Gasteiger partial charge in [0.15, 0.2) is 4.90 Å². The molecule has 1 aliphatic rings. The van der Waals surface area contributed by atoms with Crippen molar-refractivity contribution < 1.29 is 18.1 Å². The van der Waals surface area contributed by atoms with Crippen LogP contribution < -0.4 is 10.0 Å². The number of nitrogens with one attached hydrogen (secondary N) is 2. The van der Waals surface area contributed by atoms with Crippen molar-refractivity contribution in [1.82, 2.24) is 10.0 Å². The molecule has 140 valence electrons. The van der Waals surface area contributed by atoms with Crippen LogP contribution in [0.15, 0.2) is 17.0 Å². The number of nitro benzene ring substituents is 1. The number of ether oxygens (including phenoxy) is 1. The lowest BCUT2D eigenvalue weighted by molar-refractivity contribution is -0.388. The maximum Gasteiger partial charge on any atom is 0.292 e. The van der Waals surface area contributed by atoms with Crippen LogP contribution in [0.4, 0.5) is 5.69 Å². The van der Waals surface area contributed by atoms with Gasteiger partial charge in [0.25, 0.3) is 5.69 Å². The SMILES string of the molecule is COCC1(CNS(=O)(=O)c2c(C)ccc(C)c2[N+](=O)[O-])CCNCC1. The van der Waals surface area contributed by atoms with Gasteiger partial charge in [-0.25, -0.2) is 13.1 Å². The number of benzene rings is 1. The van der Waals surface area contributed by atoms with E-state index in [2.05, 4.69) is 10.0 Å². The van der Waals surface area contributed by atoms with Crippen molar-refractivity contribution in [2.24, 2.45) is 5.41 Å². The van der Waals surface area contributed by atoms with Crippen molar-refractivity contribution in [1.29, 1.82) is 0 Å². The summed E-state index contributed by atoms with van der Waals surface area (Å²) in [6.07, 6.45) is 1.55. The molecule has 1 saturated heterocycles. The molecule has 1 heterocycles. The van der Waals surface area contributed by atoms with Gasteiger partial charge < -0.3 is 10.1 Å². The van der Waals surface area contributed by atoms with Crippen molar-refractivity contribution in [2.75, 3.05) is 33.4 Å². The maximum absolute atomic E-state index is 12.8. The van der Waals surface area contributed by atoms with E-state index < -0.39 is 14.9 Å². The first kappa shape index (κ1) is 19.8. The van der Waals surface area contributed by atoms with E-state index in [0.29, 0.717) is 17.7 Å². The van der Waals surface area contributed by atoms with Gasteiger partial charge in [0, 0.05) is 24.6 Å². The highest BCUT2D eigenvalue weighted by atomic mass is 32.2. The predicted molar refractivity (Wildman–Crippen MR) is 94.2 cm³/mol. The Balaban J connectivity index is 2.33. The quantitative estimate of drug-likeness (QED) is 0.555. The molecule has 0 unspecified atom stereocenters. The lowest BCUT2D eigenvalue weighted by Crippen LogP contribution is -2.47. The first-order chi connectivity index (χ1) is 11.7. The number of hydrogen-bond acceptors (Lipinski definition) is 6. The molecule has 2 N–H and O–H groups in total. The highest BCUT2D eigenvalue weighted by Crippen LogP contribution is 2.32. The summed E-state index contributed by atoms with van der Waals surface area (Å²) >= 11 is 0. The lowest BCUT2D eigenvalue weighted by Gasteiger charge is -2.37. The third-order valence-electron chi connectivity index (χ3n) is 4.73. The van der Waals surface area contributed by atoms with Crippen LogP contribution in [0.1, 0.15) is 24.0 Å². The average Bonchev–Trinajstić information content (AvgIpc) is 2.56. The molecule has 0 saturated carbocycles. The third kappa shape index (κ3) is 4.35. The monoisotopic (exact) mass is 371 g/mol. The molecule has 0 spiro atoms. The van der Waals surface area contributed by atoms with Gasteiger partial charge in [-0.3, -0.25) is 10.1 Å². The van der Waals surface area contributed by atoms with Crippen LogP contribution in [-0.2, 0) is 14.8 Å². The van der Waals surface area contributed by atoms with Crippen LogP contribution in [0.2, 0.25) is 0 Å². The van der Waals surface area contributed by atoms with Crippen LogP contribution in [-0.4, -0.2) is 46.7 Å². The molecule has 0 atom stereocenters. The lowest BCUT2D eigenvalue weighted by atomic mass is 9.80. The summed E-state index contributed by atoms with van der Waals surface area (Å²) in [5.41, 5.74) is 0.0125. The molecule has 8 nitrogen and oxygen atoms in total. The molecule has 1 aliphatic heterocycles. The zero-order chi connectivity index (χ0) is 18.7. The number of nitrogens with zero attached hydrogens (tertiary/aromatic N) is 1. The fourth-order valence-corrected chi connectivity index (χ4v) is 4.91. The Labute approximate surface area is 148 Å². The van der Waals surface area contributed by atoms with Crippen LogP contribution >= 0.6 is 0 Å². The van der Waals surface area contributed by atoms with E-state index in [1.54, 1.807) is 26.2 Å². The molecular formula is C16H25N3O5S. The topological polar surface area (TPSA) is 111 Å². The fourth-order valence-electron chi connectivity index (χ4n) is 3.29. The zero-order valence-corrected chi connectivity index (χ0v) is 15.6. The summed E-state index contributed by atoms with van der Waals surface area (Å²) in [6.45, 7) is 5.30. The number of nitro groups is 1. The van der Waals surface area contributed by atoms with Crippen LogP contribution in [0.3, 0.4) is 0 Å². The third-order valence-corrected chi connectivity index (χ3v) is 6.31. The van der Waals surface area contributed by atoms with E-state index in [1.165, 1.54) is 6.92 Å². The van der Waals surface area contributed by atoms with Gasteiger partial charge in [0.05, 0.1) is 11.5 Å². The Morgan fingerprint density at radius 2 is 1.88 bits per heavy atom. The largest absolute Gasteiger partial charge is 0.384 e. The summed E-state index contributed by atoms with van der Waals surface area (Å²) in [6, 6.07) is 3.15. The van der Waals surface area contributed by atoms with E-state index in [-0.39, 0.29) is 22.5 Å². The van der Waals surface area contributed by atoms with Gasteiger partial charge in [-0.15, -0.1) is 0 Å². The van der Waals surface area contributed by atoms with Gasteiger partial charge in [0.1, 0.15) is 0 Å². The van der Waals surface area contributed by atoms with E-state index in [9.17, 15) is 18.5 Å². The van der Waals surface area contributed by atoms with Crippen molar-refractivity contribution in [3.05, 3.63) is 33.4 Å². The van der Waals surface area contributed by atoms with Gasteiger partial charge in [0.2, 0.25) is 10.0 Å². The molecule has 1 fully saturated rings. The molecule has 0 aliphatic carbocycles. The first-order valence-corrected chi connectivity index (χ1v) is 9.65. The smallest absolute Gasteiger partial charge is 0.292 e. The Morgan fingerprint density at radius 1 is 1.28 bits per heavy atom. The van der Waals surface area contributed by atoms with E-state index in [1.807, 2.05) is 0 Å². The molecule has 1 aromatic carbocycles. The molecule has 0 amide bonds. The van der Waals surface area contributed by atoms with Crippen molar-refractivity contribution >= 4 is 15.7 Å². The minimum absolute atomic E-state index is 0.190. The number of rotatable bonds is 7. The Morgan fingerprint density at radius 3 is 2.44 bits per heavy atom. The number of sulfonamides is 1. The predicted octanol–water partition coefficient (Wildman–Crippen LogP) is 1.51. The summed E-state index contributed by atoms with van der Waals surface area (Å²) in [5, 5.41) is 14.6. The van der Waals surface area contributed by atoms with Crippen molar-refractivity contribution in [3.63, 3.8) is 0 Å². The van der Waals surface area contributed by atoms with Gasteiger partial charge in [-0.2, -0.15) is 0 Å². The molecule has 1 aromatic rings. The normalized spacial score (nSPS) is 17.4. The molecule has 0 aromatic heterocycles. The van der Waals surface area contributed by atoms with Gasteiger partial charge in [-0.1, -0.05) is 12.1 Å². The Kier molecular flexibility index (Phi) is 6.15. The Hall–Kier alpha value is -1.55. The highest BCUT2D eigenvalue weighted by Gasteiger charge is 2.36. The summed E-state index contributed by atoms with van der Waals surface area (Å²) in [7, 11) is -2.42. The summed E-state index contributed by atoms with van der Waals surface area (Å²) in [5.74, 6) is 0. The zero-order valence-electron chi connectivity index (χ0n) is 14.8. The van der Waals surface area contributed by atoms with Crippen molar-refractivity contribution in [3.8, 4) is 0 Å². The number of hydrogen-bond donors (Lipinski definition) is 2. The Bertz CT molecular complexity index is 737. The number of methoxy groups -OCH3 is 1. The van der Waals surface area contributed by atoms with Gasteiger partial charge in [-0.05, 0) is 45.3 Å². The molecule has 2 rings (SSSR count). The summed E-state index contributed by atoms with van der Waals surface area (Å²) < 4.78 is 33.6. The molecule has 0 radical (unpaired) electrons. The second-order valence-corrected chi connectivity index (χ2v) is 8.35.